The summed E-state index contributed by atoms with van der Waals surface area (Å²) in [6.07, 6.45) is -12.2. The number of carbonyl (C=O) groups is 9. The minimum absolute atomic E-state index is 0.118. The zero-order chi connectivity index (χ0) is 95.9. The quantitative estimate of drug-likeness (QED) is 0.0286. The number of nitrogens with two attached hydrogens (primary N) is 1. The van der Waals surface area contributed by atoms with Crippen molar-refractivity contribution in [3.05, 3.63) is 164 Å². The van der Waals surface area contributed by atoms with Crippen molar-refractivity contribution in [2.45, 2.75) is 207 Å². The molecule has 0 aliphatic carbocycles. The van der Waals surface area contributed by atoms with E-state index in [1.165, 1.54) is 55.6 Å². The van der Waals surface area contributed by atoms with Gasteiger partial charge in [-0.15, -0.1) is 0 Å². The van der Waals surface area contributed by atoms with E-state index >= 15 is 28.8 Å². The Bertz CT molecular complexity index is 5430. The van der Waals surface area contributed by atoms with Crippen molar-refractivity contribution in [2.75, 3.05) is 52.9 Å². The summed E-state index contributed by atoms with van der Waals surface area (Å²) in [6, 6.07) is 5.65. The molecule has 42 heteroatoms. The topological polar surface area (TPSA) is 619 Å². The summed E-state index contributed by atoms with van der Waals surface area (Å²) >= 11 is 14.4. The van der Waals surface area contributed by atoms with Crippen molar-refractivity contribution in [1.29, 1.82) is 0 Å². The van der Waals surface area contributed by atoms with Gasteiger partial charge in [-0.2, -0.15) is 0 Å². The van der Waals surface area contributed by atoms with Gasteiger partial charge >= 0.3 is 5.97 Å². The molecule has 25 N–H and O–H groups in total. The normalized spacial score (nSPS) is 25.1. The van der Waals surface area contributed by atoms with Crippen molar-refractivity contribution in [2.24, 2.45) is 5.73 Å². The maximum absolute atomic E-state index is 16.9. The second-order valence-corrected chi connectivity index (χ2v) is 34.2. The van der Waals surface area contributed by atoms with E-state index in [0.29, 0.717) is 44.6 Å². The number of fused-ring (bicyclic) bond motifs is 14. The number of nitrogens with one attached hydrogen (secondary N) is 11. The average molecular weight is 1900 g/mol. The molecule has 134 heavy (non-hydrogen) atoms. The van der Waals surface area contributed by atoms with E-state index in [1.807, 2.05) is 0 Å². The van der Waals surface area contributed by atoms with Crippen LogP contribution in [0.15, 0.2) is 115 Å². The van der Waals surface area contributed by atoms with Gasteiger partial charge in [0.2, 0.25) is 65.6 Å². The SMILES string of the molecule is CCCCCCCCCCCC(=O)N[C@H]1[C@H](Oc2c3cc4cc2Oc2ccc(cc2Cl)[C@@H](O)[C@@H]2NC(=O)[C@H](NC(=O)[C@@H]4NC(=O)[C@H]4NC(=O)[C@@H](Cc5ccc(cc5)O3)NC(=O)[C@@H](NC)c3ccc(O)c(c3)Oc3cc(O)c(Cl)c4c3)c3ccc(O)c(c3)-c3c(O[C@H]4O[C@H](CO)[C@@H](O)[C@H](O)[C@@H]4O)cc(O)cc3[C@H](C(=O)NCCCNCCCNCCCN)NC2=O)O[C@H](C(=O)O)[C@@H](O)[C@@H]1O. The van der Waals surface area contributed by atoms with Gasteiger partial charge in [0.1, 0.15) is 131 Å². The van der Waals surface area contributed by atoms with Crippen LogP contribution in [0.25, 0.3) is 11.1 Å². The first-order chi connectivity index (χ1) is 64.3. The average Bonchev–Trinajstić information content (AvgIpc) is 0.715. The number of unbranched alkanes of at least 4 members (excludes halogenated alkanes) is 8. The van der Waals surface area contributed by atoms with Gasteiger partial charge in [0.15, 0.2) is 29.1 Å². The van der Waals surface area contributed by atoms with Gasteiger partial charge in [-0.25, -0.2) is 4.79 Å². The van der Waals surface area contributed by atoms with Crippen LogP contribution in [0.1, 0.15) is 166 Å². The monoisotopic (exact) mass is 1900 g/mol. The fourth-order valence-corrected chi connectivity index (χ4v) is 17.0. The lowest BCUT2D eigenvalue weighted by atomic mass is 9.89. The number of benzene rings is 7. The van der Waals surface area contributed by atoms with Crippen LogP contribution < -0.4 is 87.9 Å². The molecule has 8 aliphatic rings. The molecule has 17 bridgehead atoms. The highest BCUT2D eigenvalue weighted by molar-refractivity contribution is 6.33. The van der Waals surface area contributed by atoms with Crippen LogP contribution in [-0.4, -0.2) is 241 Å². The Hall–Kier alpha value is -12.0. The van der Waals surface area contributed by atoms with E-state index in [4.69, 9.17) is 62.1 Å². The molecular weight excluding hydrogens is 1790 g/mol. The minimum Gasteiger partial charge on any atom is -0.508 e. The number of aliphatic hydroxyl groups is 7. The third kappa shape index (κ3) is 23.5. The van der Waals surface area contributed by atoms with Crippen LogP contribution in [-0.2, 0) is 59.0 Å². The number of aliphatic hydroxyl groups excluding tert-OH is 7. The third-order valence-corrected chi connectivity index (χ3v) is 24.5. The number of hydrogen-bond donors (Lipinski definition) is 24. The number of halogens is 2. The molecule has 7 aromatic rings. The standard InChI is InChI=1S/C92H110Cl2N12O28/c1-3-4-5-6-7-8-9-10-11-15-65(112)101-74-77(115)79(117)82(90(126)127)134-91(74)133-81-62-36-47-37-63(81)130-59-25-20-46(34-54(59)93)75(113)73-89(125)105-71(84(120)99-31-14-30-98-29-13-28-97-27-12-26-95)52-38-48(108)39-61(131-92-80(118)78(116)76(114)64(42-107)132-92)66(52)51-33-44(18-23-56(51)109)69(86(122)106-73)102-87(123)70(47)103-88(124)72-53-40-50(41-58(111)67(53)94)129-60-35-45(19-24-57(60)110)68(96-2)85(121)100-55(83(119)104-72)32-43-16-21-49(128-62)22-17-43/h16-25,33-41,55,64,68-80,82,91-92,96-98,107-111,113-118H,3-15,26-32,42,95H2,1-2H3,(H,99,120)(H,100,121)(H,101,112)(H,102,123)(H,103,124)(H,104,119)(H,105,125)(H,106,122)(H,126,127)/t55-,64-,68+,69-,70-,71-,72+,73+,74-,75-,76-,77-,78+,79+,80+,82+,91-,92+/m1/s1. The number of amides is 8. The molecule has 8 aliphatic heterocycles. The van der Waals surface area contributed by atoms with E-state index in [1.54, 1.807) is 0 Å². The smallest absolute Gasteiger partial charge is 0.335 e. The summed E-state index contributed by atoms with van der Waals surface area (Å²) < 4.78 is 44.6. The molecule has 2 fully saturated rings. The first kappa shape index (κ1) is 99.5. The lowest BCUT2D eigenvalue weighted by Crippen LogP contribution is -2.66. The molecule has 0 unspecified atom stereocenters. The summed E-state index contributed by atoms with van der Waals surface area (Å²) in [7, 11) is 1.43. The molecule has 0 saturated carbocycles. The molecular formula is C92H110Cl2N12O28. The number of ether oxygens (including phenoxy) is 7. The number of aromatic hydroxyl groups is 4. The second-order valence-electron chi connectivity index (χ2n) is 33.4. The first-order valence-corrected chi connectivity index (χ1v) is 45.0. The predicted octanol–water partition coefficient (Wildman–Crippen LogP) is 3.67. The van der Waals surface area contributed by atoms with Crippen molar-refractivity contribution in [3.63, 3.8) is 0 Å². The Labute approximate surface area is 778 Å². The molecule has 8 amide bonds. The number of phenols is 4. The number of hydrogen-bond acceptors (Lipinski definition) is 31. The maximum Gasteiger partial charge on any atom is 0.335 e. The zero-order valence-electron chi connectivity index (χ0n) is 72.9. The summed E-state index contributed by atoms with van der Waals surface area (Å²) in [5.74, 6) is -18.0. The lowest BCUT2D eigenvalue weighted by Gasteiger charge is -2.41. The molecule has 18 atom stereocenters. The van der Waals surface area contributed by atoms with Crippen molar-refractivity contribution in [1.82, 2.24) is 58.5 Å². The van der Waals surface area contributed by atoms with Gasteiger partial charge in [-0.1, -0.05) is 112 Å². The number of rotatable bonds is 30. The maximum atomic E-state index is 16.9. The Morgan fingerprint density at radius 1 is 0.522 bits per heavy atom. The van der Waals surface area contributed by atoms with Crippen LogP contribution in [0, 0.1) is 0 Å². The molecule has 720 valence electrons. The Balaban J connectivity index is 1.02. The molecule has 8 heterocycles. The number of phenolic OH excluding ortho intramolecular Hbond substituents is 4. The van der Waals surface area contributed by atoms with Gasteiger partial charge in [-0.05, 0) is 172 Å². The first-order valence-electron chi connectivity index (χ1n) is 44.3. The minimum atomic E-state index is -2.46. The Kier molecular flexibility index (Phi) is 33.7. The fraction of sp³-hybridized carbons (Fsp3) is 0.446. The van der Waals surface area contributed by atoms with E-state index in [9.17, 15) is 75.7 Å². The molecule has 15 rings (SSSR count). The predicted molar refractivity (Wildman–Crippen MR) is 478 cm³/mol. The van der Waals surface area contributed by atoms with Crippen LogP contribution in [0.3, 0.4) is 0 Å². The fourth-order valence-electron chi connectivity index (χ4n) is 16.6. The number of likely N-dealkylation sites (N-methyl/N-ethyl adjacent to an activating group) is 1. The second kappa shape index (κ2) is 45.4. The van der Waals surface area contributed by atoms with Gasteiger partial charge in [-0.3, -0.25) is 38.4 Å². The van der Waals surface area contributed by atoms with Gasteiger partial charge < -0.3 is 159 Å². The highest BCUT2D eigenvalue weighted by Gasteiger charge is 2.52. The summed E-state index contributed by atoms with van der Waals surface area (Å²) in [4.78, 5) is 139. The highest BCUT2D eigenvalue weighted by Crippen LogP contribution is 2.51. The zero-order valence-corrected chi connectivity index (χ0v) is 74.5. The van der Waals surface area contributed by atoms with Gasteiger partial charge in [0.05, 0.1) is 16.7 Å². The van der Waals surface area contributed by atoms with Crippen molar-refractivity contribution >= 4 is 76.4 Å². The van der Waals surface area contributed by atoms with Crippen LogP contribution >= 0.6 is 23.2 Å². The Morgan fingerprint density at radius 2 is 1.15 bits per heavy atom. The number of carboxylic acids is 1. The van der Waals surface area contributed by atoms with Gasteiger partial charge in [0.25, 0.3) is 0 Å². The Morgan fingerprint density at radius 3 is 1.84 bits per heavy atom. The van der Waals surface area contributed by atoms with Crippen LogP contribution in [0.5, 0.6) is 69.0 Å². The number of carbonyl (C=O) groups excluding carboxylic acids is 8. The summed E-state index contributed by atoms with van der Waals surface area (Å²) in [6.45, 7) is 3.83. The van der Waals surface area contributed by atoms with Crippen molar-refractivity contribution in [3.8, 4) is 80.1 Å². The molecule has 40 nitrogen and oxygen atoms in total. The number of aliphatic carboxylic acids is 1. The lowest BCUT2D eigenvalue weighted by molar-refractivity contribution is -0.277. The molecule has 0 aromatic heterocycles. The van der Waals surface area contributed by atoms with Crippen LogP contribution in [0.4, 0.5) is 0 Å². The van der Waals surface area contributed by atoms with Crippen molar-refractivity contribution < 1.29 is 138 Å². The van der Waals surface area contributed by atoms with E-state index in [-0.39, 0.29) is 47.8 Å². The van der Waals surface area contributed by atoms with Gasteiger partial charge in [0, 0.05) is 48.2 Å². The number of carboxylic acid groups (broad SMARTS) is 1. The van der Waals surface area contributed by atoms with E-state index in [0.717, 1.165) is 131 Å². The molecule has 2 saturated heterocycles. The van der Waals surface area contributed by atoms with E-state index in [2.05, 4.69) is 65.4 Å². The van der Waals surface area contributed by atoms with E-state index < -0.39 is 271 Å². The summed E-state index contributed by atoms with van der Waals surface area (Å²) in [5, 5.41) is 168. The third-order valence-electron chi connectivity index (χ3n) is 23.8. The van der Waals surface area contributed by atoms with Crippen LogP contribution in [0.2, 0.25) is 10.0 Å². The summed E-state index contributed by atoms with van der Waals surface area (Å²) in [5.41, 5.74) is 2.93. The molecule has 7 aromatic carbocycles. The highest BCUT2D eigenvalue weighted by atomic mass is 35.5. The molecule has 0 radical (unpaired) electrons. The molecule has 0 spiro atoms. The largest absolute Gasteiger partial charge is 0.508 e.